The Kier molecular flexibility index (Phi) is 7.57. The van der Waals surface area contributed by atoms with Gasteiger partial charge in [0.1, 0.15) is 6.61 Å². The molecule has 6 nitrogen and oxygen atoms in total. The first kappa shape index (κ1) is 27.0. The Bertz CT molecular complexity index is 1140. The van der Waals surface area contributed by atoms with E-state index in [1.807, 2.05) is 18.2 Å². The molecule has 37 heavy (non-hydrogen) atoms. The van der Waals surface area contributed by atoms with E-state index in [-0.39, 0.29) is 29.0 Å². The molecule has 1 aromatic rings. The van der Waals surface area contributed by atoms with E-state index >= 15 is 0 Å². The fourth-order valence-corrected chi connectivity index (χ4v) is 6.12. The lowest BCUT2D eigenvalue weighted by Gasteiger charge is -2.49. The highest BCUT2D eigenvalue weighted by atomic mass is 16.5. The van der Waals surface area contributed by atoms with Gasteiger partial charge in [-0.15, -0.1) is 6.42 Å². The highest BCUT2D eigenvalue weighted by Crippen LogP contribution is 2.54. The van der Waals surface area contributed by atoms with E-state index in [0.29, 0.717) is 37.5 Å². The van der Waals surface area contributed by atoms with Gasteiger partial charge in [0.05, 0.1) is 7.11 Å². The summed E-state index contributed by atoms with van der Waals surface area (Å²) in [5.41, 5.74) is 4.16. The van der Waals surface area contributed by atoms with Crippen molar-refractivity contribution >= 4 is 11.6 Å². The van der Waals surface area contributed by atoms with Gasteiger partial charge in [-0.2, -0.15) is 0 Å². The number of hydrogen-bond donors (Lipinski definition) is 0. The predicted octanol–water partition coefficient (Wildman–Crippen LogP) is 5.43. The van der Waals surface area contributed by atoms with Crippen LogP contribution in [0.15, 0.2) is 40.7 Å². The molecule has 2 aliphatic carbocycles. The van der Waals surface area contributed by atoms with Crippen molar-refractivity contribution in [3.05, 3.63) is 46.3 Å². The number of ketones is 2. The van der Waals surface area contributed by atoms with Crippen LogP contribution in [0.1, 0.15) is 71.3 Å². The fraction of sp³-hybridized carbons (Fsp3) is 0.548. The highest BCUT2D eigenvalue weighted by Gasteiger charge is 2.48. The molecule has 0 bridgehead atoms. The second kappa shape index (κ2) is 10.4. The number of rotatable bonds is 8. The lowest BCUT2D eigenvalue weighted by atomic mass is 9.63. The lowest BCUT2D eigenvalue weighted by molar-refractivity contribution is -0.119. The van der Waals surface area contributed by atoms with Gasteiger partial charge in [0.15, 0.2) is 23.1 Å². The molecule has 6 heteroatoms. The summed E-state index contributed by atoms with van der Waals surface area (Å²) < 4.78 is 16.6. The fourth-order valence-electron chi connectivity index (χ4n) is 6.12. The van der Waals surface area contributed by atoms with E-state index < -0.39 is 5.92 Å². The molecule has 198 valence electrons. The van der Waals surface area contributed by atoms with Crippen molar-refractivity contribution in [1.29, 1.82) is 0 Å². The molecule has 0 saturated heterocycles. The molecule has 0 amide bonds. The molecule has 1 heterocycles. The number of Topliss-reactive ketones (excluding diaryl/α,β-unsaturated/α-hetero) is 2. The van der Waals surface area contributed by atoms with Gasteiger partial charge in [-0.25, -0.2) is 0 Å². The molecule has 0 saturated carbocycles. The zero-order valence-electron chi connectivity index (χ0n) is 23.0. The van der Waals surface area contributed by atoms with Crippen molar-refractivity contribution in [1.82, 2.24) is 4.90 Å². The molecule has 4 rings (SSSR count). The zero-order chi connectivity index (χ0) is 27.0. The van der Waals surface area contributed by atoms with Gasteiger partial charge in [0.2, 0.25) is 0 Å². The molecule has 1 aromatic carbocycles. The number of terminal acetylenes is 1. The quantitative estimate of drug-likeness (QED) is 0.347. The topological polar surface area (TPSA) is 65.1 Å². The minimum atomic E-state index is -0.425. The SMILES string of the molecule is C#CCOc1ccc(C2C3=C(CC(C)(C)CC3=O)N(CCCOC)C3=C2C(=O)CC(C)(C)C3)cc1OC. The predicted molar refractivity (Wildman–Crippen MR) is 143 cm³/mol. The van der Waals surface area contributed by atoms with Crippen molar-refractivity contribution in [2.24, 2.45) is 10.8 Å². The third-order valence-electron chi connectivity index (χ3n) is 7.58. The van der Waals surface area contributed by atoms with Gasteiger partial charge in [-0.3, -0.25) is 9.59 Å². The summed E-state index contributed by atoms with van der Waals surface area (Å²) in [4.78, 5) is 30.0. The number of nitrogens with zero attached hydrogens (tertiary/aromatic N) is 1. The van der Waals surface area contributed by atoms with Crippen LogP contribution in [-0.4, -0.2) is 50.4 Å². The smallest absolute Gasteiger partial charge is 0.162 e. The maximum absolute atomic E-state index is 13.9. The average Bonchev–Trinajstić information content (AvgIpc) is 2.81. The minimum Gasteiger partial charge on any atom is -0.493 e. The Balaban J connectivity index is 1.93. The summed E-state index contributed by atoms with van der Waals surface area (Å²) in [5, 5.41) is 0. The van der Waals surface area contributed by atoms with E-state index in [4.69, 9.17) is 20.6 Å². The number of methoxy groups -OCH3 is 2. The second-order valence-corrected chi connectivity index (χ2v) is 11.9. The number of ether oxygens (including phenoxy) is 3. The van der Waals surface area contributed by atoms with Crippen molar-refractivity contribution in [2.45, 2.75) is 65.7 Å². The first-order valence-corrected chi connectivity index (χ1v) is 13.0. The summed E-state index contributed by atoms with van der Waals surface area (Å²) in [6.45, 7) is 10.1. The van der Waals surface area contributed by atoms with Gasteiger partial charge in [-0.1, -0.05) is 39.7 Å². The minimum absolute atomic E-state index is 0.115. The van der Waals surface area contributed by atoms with Crippen molar-refractivity contribution < 1.29 is 23.8 Å². The van der Waals surface area contributed by atoms with Crippen LogP contribution >= 0.6 is 0 Å². The van der Waals surface area contributed by atoms with Crippen LogP contribution in [0.25, 0.3) is 0 Å². The van der Waals surface area contributed by atoms with Gasteiger partial charge in [0, 0.05) is 61.6 Å². The first-order chi connectivity index (χ1) is 17.5. The van der Waals surface area contributed by atoms with Crippen LogP contribution in [0.4, 0.5) is 0 Å². The van der Waals surface area contributed by atoms with Crippen LogP contribution in [0.5, 0.6) is 11.5 Å². The Hall–Kier alpha value is -3.04. The molecule has 1 aliphatic heterocycles. The molecule has 0 aromatic heterocycles. The molecular weight excluding hydrogens is 466 g/mol. The molecule has 0 radical (unpaired) electrons. The molecule has 0 unspecified atom stereocenters. The Labute approximate surface area is 221 Å². The van der Waals surface area contributed by atoms with E-state index in [1.54, 1.807) is 14.2 Å². The third kappa shape index (κ3) is 5.33. The first-order valence-electron chi connectivity index (χ1n) is 13.0. The summed E-state index contributed by atoms with van der Waals surface area (Å²) in [5.74, 6) is 3.35. The Morgan fingerprint density at radius 1 is 0.946 bits per heavy atom. The zero-order valence-corrected chi connectivity index (χ0v) is 23.0. The van der Waals surface area contributed by atoms with E-state index in [9.17, 15) is 9.59 Å². The summed E-state index contributed by atoms with van der Waals surface area (Å²) in [6.07, 6.45) is 8.66. The highest BCUT2D eigenvalue weighted by molar-refractivity contribution is 6.06. The summed E-state index contributed by atoms with van der Waals surface area (Å²) in [6, 6.07) is 5.66. The van der Waals surface area contributed by atoms with E-state index in [2.05, 4.69) is 38.5 Å². The number of allylic oxidation sites excluding steroid dienone is 4. The summed E-state index contributed by atoms with van der Waals surface area (Å²) in [7, 11) is 3.28. The van der Waals surface area contributed by atoms with Gasteiger partial charge >= 0.3 is 0 Å². The normalized spacial score (nSPS) is 20.9. The number of carbonyl (C=O) groups excluding carboxylic acids is 2. The van der Waals surface area contributed by atoms with Gasteiger partial charge in [-0.05, 0) is 47.8 Å². The van der Waals surface area contributed by atoms with Gasteiger partial charge < -0.3 is 19.1 Å². The largest absolute Gasteiger partial charge is 0.493 e. The van der Waals surface area contributed by atoms with Crippen molar-refractivity contribution in [2.75, 3.05) is 34.0 Å². The summed E-state index contributed by atoms with van der Waals surface area (Å²) >= 11 is 0. The van der Waals surface area contributed by atoms with Crippen molar-refractivity contribution in [3.8, 4) is 23.8 Å². The Morgan fingerprint density at radius 2 is 1.54 bits per heavy atom. The Morgan fingerprint density at radius 3 is 2.05 bits per heavy atom. The molecule has 0 spiro atoms. The third-order valence-corrected chi connectivity index (χ3v) is 7.58. The maximum Gasteiger partial charge on any atom is 0.162 e. The second-order valence-electron chi connectivity index (χ2n) is 11.9. The number of benzene rings is 1. The van der Waals surface area contributed by atoms with Crippen LogP contribution < -0.4 is 9.47 Å². The van der Waals surface area contributed by atoms with Crippen LogP contribution in [0.2, 0.25) is 0 Å². The molecule has 0 atom stereocenters. The molecular formula is C31H39NO5. The molecule has 0 fully saturated rings. The average molecular weight is 506 g/mol. The monoisotopic (exact) mass is 505 g/mol. The molecule has 3 aliphatic rings. The molecule has 0 N–H and O–H groups in total. The van der Waals surface area contributed by atoms with Crippen LogP contribution in [0, 0.1) is 23.2 Å². The van der Waals surface area contributed by atoms with Gasteiger partial charge in [0.25, 0.3) is 0 Å². The van der Waals surface area contributed by atoms with Crippen molar-refractivity contribution in [3.63, 3.8) is 0 Å². The number of hydrogen-bond acceptors (Lipinski definition) is 6. The van der Waals surface area contributed by atoms with E-state index in [0.717, 1.165) is 47.4 Å². The van der Waals surface area contributed by atoms with E-state index in [1.165, 1.54) is 0 Å². The van der Waals surface area contributed by atoms with Crippen LogP contribution in [0.3, 0.4) is 0 Å². The number of carbonyl (C=O) groups is 2. The lowest BCUT2D eigenvalue weighted by Crippen LogP contribution is -2.44. The van der Waals surface area contributed by atoms with Crippen LogP contribution in [-0.2, 0) is 14.3 Å². The standard InChI is InChI=1S/C31H39NO5/c1-8-13-37-25-11-10-20(15-26(25)36-7)27-28-21(16-30(2,3)18-23(28)33)32(12-9-14-35-6)22-17-31(4,5)19-24(34)29(22)27/h1,10-11,15,27H,9,12-14,16-19H2,2-7H3. The maximum atomic E-state index is 13.9.